The molecular weight excluding hydrogens is 178 g/mol. The van der Waals surface area contributed by atoms with Crippen LogP contribution >= 0.6 is 11.3 Å². The number of hydrogen-bond donors (Lipinski definition) is 1. The summed E-state index contributed by atoms with van der Waals surface area (Å²) in [5, 5.41) is 5.24. The lowest BCUT2D eigenvalue weighted by Gasteiger charge is -2.04. The van der Waals surface area contributed by atoms with E-state index in [9.17, 15) is 0 Å². The van der Waals surface area contributed by atoms with Gasteiger partial charge in [-0.25, -0.2) is 0 Å². The zero-order valence-electron chi connectivity index (χ0n) is 7.16. The summed E-state index contributed by atoms with van der Waals surface area (Å²) < 4.78 is 0. The van der Waals surface area contributed by atoms with Crippen LogP contribution in [0.5, 0.6) is 0 Å². The minimum absolute atomic E-state index is 0.583. The van der Waals surface area contributed by atoms with E-state index in [4.69, 9.17) is 5.73 Å². The normalized spacial score (nSPS) is 10.2. The molecule has 0 amide bonds. The van der Waals surface area contributed by atoms with E-state index >= 15 is 0 Å². The largest absolute Gasteiger partial charge is 0.326 e. The third-order valence-corrected chi connectivity index (χ3v) is 2.61. The molecule has 0 aliphatic carbocycles. The molecule has 2 heteroatoms. The smallest absolute Gasteiger partial charge is 0.0527 e. The van der Waals surface area contributed by atoms with Crippen molar-refractivity contribution in [2.75, 3.05) is 0 Å². The molecule has 1 heterocycles. The summed E-state index contributed by atoms with van der Waals surface area (Å²) in [6, 6.07) is 10.2. The molecule has 0 aliphatic heterocycles. The average Bonchev–Trinajstić information content (AvgIpc) is 2.70. The van der Waals surface area contributed by atoms with E-state index in [2.05, 4.69) is 23.6 Å². The Labute approximate surface area is 81.8 Å². The highest BCUT2D eigenvalue weighted by atomic mass is 32.1. The molecule has 2 N–H and O–H groups in total. The molecule has 1 nitrogen and oxygen atoms in total. The fourth-order valence-corrected chi connectivity index (χ4v) is 1.92. The standard InChI is InChI=1S/C11H10NS/c12-7-9-3-1-2-4-11(9)10-5-6-13-8-10/h1-6H,7,12H2. The topological polar surface area (TPSA) is 26.0 Å². The molecule has 0 saturated carbocycles. The van der Waals surface area contributed by atoms with Gasteiger partial charge in [0.2, 0.25) is 0 Å². The van der Waals surface area contributed by atoms with E-state index in [-0.39, 0.29) is 0 Å². The third kappa shape index (κ3) is 1.64. The van der Waals surface area contributed by atoms with Crippen LogP contribution in [0.4, 0.5) is 0 Å². The second-order valence-electron chi connectivity index (χ2n) is 2.80. The Morgan fingerprint density at radius 2 is 2.08 bits per heavy atom. The van der Waals surface area contributed by atoms with Gasteiger partial charge in [-0.15, -0.1) is 11.3 Å². The van der Waals surface area contributed by atoms with Gasteiger partial charge in [-0.1, -0.05) is 24.3 Å². The quantitative estimate of drug-likeness (QED) is 0.770. The summed E-state index contributed by atoms with van der Waals surface area (Å²) >= 11 is 1.59. The maximum atomic E-state index is 5.65. The molecule has 65 valence electrons. The highest BCUT2D eigenvalue weighted by Gasteiger charge is 2.02. The molecular formula is C11H10NS. The zero-order chi connectivity index (χ0) is 9.10. The van der Waals surface area contributed by atoms with E-state index in [1.54, 1.807) is 11.3 Å². The van der Waals surface area contributed by atoms with Gasteiger partial charge in [0.15, 0.2) is 0 Å². The van der Waals surface area contributed by atoms with Gasteiger partial charge in [0.25, 0.3) is 0 Å². The Kier molecular flexibility index (Phi) is 2.43. The first-order valence-corrected chi connectivity index (χ1v) is 5.03. The third-order valence-electron chi connectivity index (χ3n) is 2.00. The predicted octanol–water partition coefficient (Wildman–Crippen LogP) is 2.67. The van der Waals surface area contributed by atoms with Gasteiger partial charge >= 0.3 is 0 Å². The van der Waals surface area contributed by atoms with Crippen molar-refractivity contribution in [1.82, 2.24) is 0 Å². The van der Waals surface area contributed by atoms with Crippen molar-refractivity contribution in [2.24, 2.45) is 5.73 Å². The van der Waals surface area contributed by atoms with Crippen molar-refractivity contribution >= 4 is 11.3 Å². The lowest BCUT2D eigenvalue weighted by molar-refractivity contribution is 1.07. The van der Waals surface area contributed by atoms with Gasteiger partial charge in [0, 0.05) is 12.1 Å². The first-order valence-electron chi connectivity index (χ1n) is 4.15. The molecule has 0 atom stereocenters. The molecule has 0 spiro atoms. The van der Waals surface area contributed by atoms with Crippen molar-refractivity contribution < 1.29 is 0 Å². The van der Waals surface area contributed by atoms with E-state index in [1.807, 2.05) is 17.5 Å². The van der Waals surface area contributed by atoms with Gasteiger partial charge in [0.1, 0.15) is 0 Å². The van der Waals surface area contributed by atoms with E-state index in [1.165, 1.54) is 11.1 Å². The average molecular weight is 188 g/mol. The second kappa shape index (κ2) is 3.73. The number of rotatable bonds is 2. The number of benzene rings is 1. The van der Waals surface area contributed by atoms with E-state index in [0.29, 0.717) is 6.54 Å². The van der Waals surface area contributed by atoms with Crippen molar-refractivity contribution in [3.05, 3.63) is 46.7 Å². The SMILES string of the molecule is NCc1ccccc1-c1[c]scc1. The molecule has 13 heavy (non-hydrogen) atoms. The van der Waals surface area contributed by atoms with Crippen LogP contribution < -0.4 is 5.73 Å². The Balaban J connectivity index is 2.51. The molecule has 0 aliphatic rings. The summed E-state index contributed by atoms with van der Waals surface area (Å²) in [7, 11) is 0. The highest BCUT2D eigenvalue weighted by molar-refractivity contribution is 7.07. The van der Waals surface area contributed by atoms with Gasteiger partial charge < -0.3 is 5.73 Å². The molecule has 0 bridgehead atoms. The molecule has 1 radical (unpaired) electrons. The van der Waals surface area contributed by atoms with Crippen LogP contribution in [0.1, 0.15) is 5.56 Å². The van der Waals surface area contributed by atoms with Crippen LogP contribution in [0.15, 0.2) is 35.7 Å². The number of nitrogens with two attached hydrogens (primary N) is 1. The first kappa shape index (κ1) is 8.48. The zero-order valence-corrected chi connectivity index (χ0v) is 7.97. The summed E-state index contributed by atoms with van der Waals surface area (Å²) in [5.41, 5.74) is 9.17. The number of hydrogen-bond acceptors (Lipinski definition) is 2. The van der Waals surface area contributed by atoms with Crippen LogP contribution in [0.3, 0.4) is 0 Å². The van der Waals surface area contributed by atoms with E-state index in [0.717, 1.165) is 5.56 Å². The van der Waals surface area contributed by atoms with Crippen molar-refractivity contribution in [1.29, 1.82) is 0 Å². The molecule has 2 rings (SSSR count). The molecule has 0 fully saturated rings. The van der Waals surface area contributed by atoms with Crippen LogP contribution in [0.25, 0.3) is 11.1 Å². The summed E-state index contributed by atoms with van der Waals surface area (Å²) in [6.07, 6.45) is 0. The van der Waals surface area contributed by atoms with Crippen LogP contribution in [0, 0.1) is 5.38 Å². The van der Waals surface area contributed by atoms with Gasteiger partial charge in [0.05, 0.1) is 5.38 Å². The number of thiophene rings is 1. The monoisotopic (exact) mass is 188 g/mol. The molecule has 1 aromatic carbocycles. The first-order chi connectivity index (χ1) is 6.42. The van der Waals surface area contributed by atoms with Crippen LogP contribution in [0.2, 0.25) is 0 Å². The maximum Gasteiger partial charge on any atom is 0.0527 e. The van der Waals surface area contributed by atoms with Gasteiger partial charge in [-0.2, -0.15) is 0 Å². The van der Waals surface area contributed by atoms with Crippen molar-refractivity contribution in [3.63, 3.8) is 0 Å². The summed E-state index contributed by atoms with van der Waals surface area (Å²) in [5.74, 6) is 0. The van der Waals surface area contributed by atoms with Crippen LogP contribution in [-0.4, -0.2) is 0 Å². The van der Waals surface area contributed by atoms with Crippen molar-refractivity contribution in [2.45, 2.75) is 6.54 Å². The lowest BCUT2D eigenvalue weighted by Crippen LogP contribution is -1.97. The van der Waals surface area contributed by atoms with Crippen molar-refractivity contribution in [3.8, 4) is 11.1 Å². The molecule has 2 aromatic rings. The summed E-state index contributed by atoms with van der Waals surface area (Å²) in [6.45, 7) is 0.583. The maximum absolute atomic E-state index is 5.65. The Morgan fingerprint density at radius 1 is 1.23 bits per heavy atom. The molecule has 0 unspecified atom stereocenters. The Hall–Kier alpha value is -1.12. The predicted molar refractivity (Wildman–Crippen MR) is 56.5 cm³/mol. The minimum Gasteiger partial charge on any atom is -0.326 e. The van der Waals surface area contributed by atoms with Gasteiger partial charge in [-0.05, 0) is 22.6 Å². The Bertz CT molecular complexity index is 379. The second-order valence-corrected chi connectivity index (χ2v) is 3.51. The van der Waals surface area contributed by atoms with Crippen LogP contribution in [-0.2, 0) is 6.54 Å². The fraction of sp³-hybridized carbons (Fsp3) is 0.0909. The Morgan fingerprint density at radius 3 is 2.77 bits per heavy atom. The van der Waals surface area contributed by atoms with Gasteiger partial charge in [-0.3, -0.25) is 0 Å². The fourth-order valence-electron chi connectivity index (χ4n) is 1.34. The summed E-state index contributed by atoms with van der Waals surface area (Å²) in [4.78, 5) is 0. The minimum atomic E-state index is 0.583. The highest BCUT2D eigenvalue weighted by Crippen LogP contribution is 2.24. The molecule has 0 saturated heterocycles. The van der Waals surface area contributed by atoms with E-state index < -0.39 is 0 Å². The lowest BCUT2D eigenvalue weighted by atomic mass is 10.0. The molecule has 1 aromatic heterocycles.